The Morgan fingerprint density at radius 3 is 2.60 bits per heavy atom. The second-order valence-corrected chi connectivity index (χ2v) is 6.18. The van der Waals surface area contributed by atoms with E-state index in [0.717, 1.165) is 5.75 Å². The summed E-state index contributed by atoms with van der Waals surface area (Å²) < 4.78 is 10.7. The van der Waals surface area contributed by atoms with Gasteiger partial charge in [-0.15, -0.1) is 0 Å². The van der Waals surface area contributed by atoms with E-state index in [1.165, 1.54) is 37.7 Å². The van der Waals surface area contributed by atoms with Gasteiger partial charge in [-0.3, -0.25) is 0 Å². The van der Waals surface area contributed by atoms with Gasteiger partial charge >= 0.3 is 0 Å². The molecule has 2 fully saturated rings. The molecule has 2 saturated carbocycles. The molecule has 1 aromatic carbocycles. The lowest BCUT2D eigenvalue weighted by Gasteiger charge is -2.38. The molecule has 2 aliphatic carbocycles. The summed E-state index contributed by atoms with van der Waals surface area (Å²) in [5, 5.41) is 3.80. The predicted octanol–water partition coefficient (Wildman–Crippen LogP) is 3.10. The molecule has 2 aliphatic rings. The second kappa shape index (κ2) is 6.15. The molecular formula is C17H25NO2. The molecule has 0 heterocycles. The molecule has 0 aromatic heterocycles. The molecule has 1 aromatic rings. The molecule has 0 bridgehead atoms. The Labute approximate surface area is 121 Å². The average molecular weight is 275 g/mol. The van der Waals surface area contributed by atoms with Crippen molar-refractivity contribution in [3.8, 4) is 5.75 Å². The maximum absolute atomic E-state index is 5.44. The van der Waals surface area contributed by atoms with Gasteiger partial charge in [0.2, 0.25) is 0 Å². The van der Waals surface area contributed by atoms with Crippen LogP contribution in [0.5, 0.6) is 5.75 Å². The van der Waals surface area contributed by atoms with Crippen LogP contribution < -0.4 is 10.1 Å². The maximum Gasteiger partial charge on any atom is 0.119 e. The first-order valence-corrected chi connectivity index (χ1v) is 7.71. The van der Waals surface area contributed by atoms with Crippen molar-refractivity contribution in [2.24, 2.45) is 0 Å². The third-order valence-electron chi connectivity index (χ3n) is 4.89. The van der Waals surface area contributed by atoms with E-state index in [1.807, 2.05) is 13.2 Å². The lowest BCUT2D eigenvalue weighted by molar-refractivity contribution is 0.105. The Kier molecular flexibility index (Phi) is 4.27. The summed E-state index contributed by atoms with van der Waals surface area (Å²) in [4.78, 5) is 0. The van der Waals surface area contributed by atoms with Crippen LogP contribution in [0.3, 0.4) is 0 Å². The lowest BCUT2D eigenvalue weighted by atomic mass is 9.75. The van der Waals surface area contributed by atoms with E-state index in [4.69, 9.17) is 9.47 Å². The molecule has 3 heteroatoms. The van der Waals surface area contributed by atoms with Gasteiger partial charge in [0.05, 0.1) is 13.2 Å². The fraction of sp³-hybridized carbons (Fsp3) is 0.647. The summed E-state index contributed by atoms with van der Waals surface area (Å²) in [7, 11) is 3.56. The van der Waals surface area contributed by atoms with Gasteiger partial charge in [-0.05, 0) is 55.7 Å². The van der Waals surface area contributed by atoms with Crippen molar-refractivity contribution in [3.63, 3.8) is 0 Å². The highest BCUT2D eigenvalue weighted by molar-refractivity contribution is 5.32. The van der Waals surface area contributed by atoms with E-state index in [9.17, 15) is 0 Å². The molecule has 0 aliphatic heterocycles. The zero-order valence-corrected chi connectivity index (χ0v) is 12.5. The third kappa shape index (κ3) is 2.99. The number of nitrogens with one attached hydrogen (secondary N) is 1. The number of hydrogen-bond donors (Lipinski definition) is 1. The van der Waals surface area contributed by atoms with E-state index in [2.05, 4.69) is 23.5 Å². The first-order valence-electron chi connectivity index (χ1n) is 7.71. The van der Waals surface area contributed by atoms with E-state index < -0.39 is 0 Å². The van der Waals surface area contributed by atoms with Crippen molar-refractivity contribution in [1.82, 2.24) is 5.32 Å². The molecule has 1 N–H and O–H groups in total. The topological polar surface area (TPSA) is 30.5 Å². The van der Waals surface area contributed by atoms with Crippen molar-refractivity contribution in [2.75, 3.05) is 14.2 Å². The Hall–Kier alpha value is -1.06. The van der Waals surface area contributed by atoms with Crippen LogP contribution in [0.4, 0.5) is 0 Å². The quantitative estimate of drug-likeness (QED) is 0.895. The van der Waals surface area contributed by atoms with Gasteiger partial charge in [-0.2, -0.15) is 0 Å². The number of benzene rings is 1. The van der Waals surface area contributed by atoms with Gasteiger partial charge in [-0.25, -0.2) is 0 Å². The molecule has 0 amide bonds. The van der Waals surface area contributed by atoms with Crippen LogP contribution in [0, 0.1) is 0 Å². The van der Waals surface area contributed by atoms with Crippen LogP contribution in [-0.4, -0.2) is 32.4 Å². The van der Waals surface area contributed by atoms with Gasteiger partial charge in [0.25, 0.3) is 0 Å². The fourth-order valence-electron chi connectivity index (χ4n) is 3.56. The van der Waals surface area contributed by atoms with E-state index >= 15 is 0 Å². The number of ether oxygens (including phenoxy) is 2. The van der Waals surface area contributed by atoms with Gasteiger partial charge in [-0.1, -0.05) is 12.1 Å². The zero-order valence-electron chi connectivity index (χ0n) is 12.5. The maximum atomic E-state index is 5.44. The van der Waals surface area contributed by atoms with Crippen molar-refractivity contribution < 1.29 is 9.47 Å². The van der Waals surface area contributed by atoms with Crippen molar-refractivity contribution in [2.45, 2.75) is 56.2 Å². The highest BCUT2D eigenvalue weighted by Crippen LogP contribution is 2.39. The molecule has 0 spiro atoms. The monoisotopic (exact) mass is 275 g/mol. The molecule has 0 radical (unpaired) electrons. The van der Waals surface area contributed by atoms with Gasteiger partial charge in [0.1, 0.15) is 5.75 Å². The molecule has 3 nitrogen and oxygen atoms in total. The smallest absolute Gasteiger partial charge is 0.119 e. The van der Waals surface area contributed by atoms with Gasteiger partial charge in [0, 0.05) is 19.2 Å². The number of methoxy groups -OCH3 is 2. The molecule has 20 heavy (non-hydrogen) atoms. The first kappa shape index (κ1) is 13.9. The summed E-state index contributed by atoms with van der Waals surface area (Å²) in [6.07, 6.45) is 6.63. The Bertz CT molecular complexity index is 442. The van der Waals surface area contributed by atoms with Crippen molar-refractivity contribution in [1.29, 1.82) is 0 Å². The first-order chi connectivity index (χ1) is 9.78. The van der Waals surface area contributed by atoms with E-state index in [0.29, 0.717) is 24.1 Å². The minimum absolute atomic E-state index is 0.474. The zero-order chi connectivity index (χ0) is 13.9. The van der Waals surface area contributed by atoms with Crippen molar-refractivity contribution >= 4 is 0 Å². The fourth-order valence-corrected chi connectivity index (χ4v) is 3.56. The average Bonchev–Trinajstić information content (AvgIpc) is 2.90. The summed E-state index contributed by atoms with van der Waals surface area (Å²) >= 11 is 0. The largest absolute Gasteiger partial charge is 0.497 e. The van der Waals surface area contributed by atoms with Crippen molar-refractivity contribution in [3.05, 3.63) is 29.8 Å². The predicted molar refractivity (Wildman–Crippen MR) is 80.3 cm³/mol. The van der Waals surface area contributed by atoms with Crippen LogP contribution in [0.2, 0.25) is 0 Å². The molecule has 0 saturated heterocycles. The Balaban J connectivity index is 1.46. The lowest BCUT2D eigenvalue weighted by Crippen LogP contribution is -2.44. The SMILES string of the molecule is COc1cccc(C2CC(NC3CCC(OC)C3)C2)c1. The summed E-state index contributed by atoms with van der Waals surface area (Å²) in [5.74, 6) is 1.67. The summed E-state index contributed by atoms with van der Waals surface area (Å²) in [6, 6.07) is 9.86. The highest BCUT2D eigenvalue weighted by atomic mass is 16.5. The highest BCUT2D eigenvalue weighted by Gasteiger charge is 2.34. The Morgan fingerprint density at radius 1 is 1.05 bits per heavy atom. The molecule has 2 atom stereocenters. The number of rotatable bonds is 5. The minimum Gasteiger partial charge on any atom is -0.497 e. The second-order valence-electron chi connectivity index (χ2n) is 6.18. The van der Waals surface area contributed by atoms with Crippen LogP contribution in [0.15, 0.2) is 24.3 Å². The van der Waals surface area contributed by atoms with E-state index in [1.54, 1.807) is 7.11 Å². The molecule has 110 valence electrons. The van der Waals surface area contributed by atoms with Gasteiger partial charge in [0.15, 0.2) is 0 Å². The van der Waals surface area contributed by atoms with Crippen LogP contribution in [0.1, 0.15) is 43.6 Å². The van der Waals surface area contributed by atoms with E-state index in [-0.39, 0.29) is 0 Å². The summed E-state index contributed by atoms with van der Waals surface area (Å²) in [5.41, 5.74) is 1.42. The molecule has 2 unspecified atom stereocenters. The molecule has 3 rings (SSSR count). The standard InChI is InChI=1S/C17H25NO2/c1-19-16-5-3-4-12(10-16)13-8-15(9-13)18-14-6-7-17(11-14)20-2/h3-5,10,13-15,17-18H,6-9,11H2,1-2H3. The summed E-state index contributed by atoms with van der Waals surface area (Å²) in [6.45, 7) is 0. The normalized spacial score (nSPS) is 32.9. The van der Waals surface area contributed by atoms with Crippen LogP contribution in [-0.2, 0) is 4.74 Å². The molecular weight excluding hydrogens is 250 g/mol. The van der Waals surface area contributed by atoms with Crippen LogP contribution >= 0.6 is 0 Å². The van der Waals surface area contributed by atoms with Crippen LogP contribution in [0.25, 0.3) is 0 Å². The van der Waals surface area contributed by atoms with Gasteiger partial charge < -0.3 is 14.8 Å². The minimum atomic E-state index is 0.474. The Morgan fingerprint density at radius 2 is 1.90 bits per heavy atom. The third-order valence-corrected chi connectivity index (χ3v) is 4.89. The number of hydrogen-bond acceptors (Lipinski definition) is 3.